The molecular weight excluding hydrogens is 232 g/mol. The first-order valence-electron chi connectivity index (χ1n) is 6.23. The molecule has 0 spiro atoms. The number of hydrogen-bond acceptors (Lipinski definition) is 3. The molecule has 2 atom stereocenters. The number of ether oxygens (including phenoxy) is 1. The maximum absolute atomic E-state index is 12.4. The number of morpholine rings is 1. The summed E-state index contributed by atoms with van der Waals surface area (Å²) in [6, 6.07) is 3.07. The highest BCUT2D eigenvalue weighted by atomic mass is 16.5. The molecule has 98 valence electrons. The third kappa shape index (κ3) is 2.61. The van der Waals surface area contributed by atoms with Crippen LogP contribution in [0.25, 0.3) is 0 Å². The van der Waals surface area contributed by atoms with Gasteiger partial charge in [0.1, 0.15) is 0 Å². The van der Waals surface area contributed by atoms with Crippen LogP contribution in [0.3, 0.4) is 0 Å². The lowest BCUT2D eigenvalue weighted by atomic mass is 10.1. The average Bonchev–Trinajstić information content (AvgIpc) is 2.38. The molecule has 2 unspecified atom stereocenters. The number of rotatable bonds is 2. The highest BCUT2D eigenvalue weighted by molar-refractivity contribution is 5.94. The Balaban J connectivity index is 2.23. The summed E-state index contributed by atoms with van der Waals surface area (Å²) < 4.78 is 5.56. The molecule has 2 heterocycles. The minimum Gasteiger partial charge on any atom is -0.375 e. The van der Waals surface area contributed by atoms with Gasteiger partial charge in [0, 0.05) is 24.4 Å². The van der Waals surface area contributed by atoms with Crippen LogP contribution in [0, 0.1) is 0 Å². The standard InChI is InChI=1S/C13H18N2O3/c1-3-11-8-18-9(2)7-15(11)13(17)10-4-5-14-12(16)6-10/h4-6,9,11H,3,7-8H2,1-2H3,(H,14,16). The lowest BCUT2D eigenvalue weighted by Crippen LogP contribution is -2.51. The van der Waals surface area contributed by atoms with Crippen LogP contribution < -0.4 is 5.56 Å². The van der Waals surface area contributed by atoms with Gasteiger partial charge in [-0.2, -0.15) is 0 Å². The quantitative estimate of drug-likeness (QED) is 0.852. The van der Waals surface area contributed by atoms with E-state index in [4.69, 9.17) is 4.74 Å². The second-order valence-corrected chi connectivity index (χ2v) is 4.61. The van der Waals surface area contributed by atoms with E-state index in [0.29, 0.717) is 18.7 Å². The fraction of sp³-hybridized carbons (Fsp3) is 0.538. The Hall–Kier alpha value is -1.62. The van der Waals surface area contributed by atoms with Gasteiger partial charge < -0.3 is 14.6 Å². The molecular formula is C13H18N2O3. The van der Waals surface area contributed by atoms with Gasteiger partial charge >= 0.3 is 0 Å². The molecule has 0 saturated carbocycles. The van der Waals surface area contributed by atoms with E-state index in [-0.39, 0.29) is 23.6 Å². The van der Waals surface area contributed by atoms with Crippen molar-refractivity contribution in [1.82, 2.24) is 9.88 Å². The van der Waals surface area contributed by atoms with Crippen molar-refractivity contribution < 1.29 is 9.53 Å². The van der Waals surface area contributed by atoms with Crippen molar-refractivity contribution >= 4 is 5.91 Å². The van der Waals surface area contributed by atoms with Crippen LogP contribution in [0.2, 0.25) is 0 Å². The molecule has 1 saturated heterocycles. The number of pyridine rings is 1. The van der Waals surface area contributed by atoms with Gasteiger partial charge in [-0.05, 0) is 19.4 Å². The number of aromatic nitrogens is 1. The molecule has 5 nitrogen and oxygen atoms in total. The van der Waals surface area contributed by atoms with Crippen molar-refractivity contribution in [3.63, 3.8) is 0 Å². The number of nitrogens with one attached hydrogen (secondary N) is 1. The van der Waals surface area contributed by atoms with E-state index in [1.807, 2.05) is 18.7 Å². The van der Waals surface area contributed by atoms with Gasteiger partial charge in [0.2, 0.25) is 5.56 Å². The van der Waals surface area contributed by atoms with E-state index in [2.05, 4.69) is 4.98 Å². The molecule has 0 bridgehead atoms. The van der Waals surface area contributed by atoms with Crippen LogP contribution in [0.5, 0.6) is 0 Å². The van der Waals surface area contributed by atoms with Crippen LogP contribution >= 0.6 is 0 Å². The van der Waals surface area contributed by atoms with Gasteiger partial charge in [-0.3, -0.25) is 9.59 Å². The van der Waals surface area contributed by atoms with Crippen LogP contribution in [-0.2, 0) is 4.74 Å². The van der Waals surface area contributed by atoms with Gasteiger partial charge in [-0.15, -0.1) is 0 Å². The van der Waals surface area contributed by atoms with Crippen LogP contribution in [0.15, 0.2) is 23.1 Å². The Morgan fingerprint density at radius 3 is 3.06 bits per heavy atom. The van der Waals surface area contributed by atoms with E-state index >= 15 is 0 Å². The number of amides is 1. The molecule has 18 heavy (non-hydrogen) atoms. The predicted octanol–water partition coefficient (Wildman–Crippen LogP) is 1.01. The SMILES string of the molecule is CCC1COC(C)CN1C(=O)c1cc[nH]c(=O)c1. The fourth-order valence-electron chi connectivity index (χ4n) is 2.17. The number of aromatic amines is 1. The van der Waals surface area contributed by atoms with Gasteiger partial charge in [-0.1, -0.05) is 6.92 Å². The zero-order valence-corrected chi connectivity index (χ0v) is 10.7. The normalized spacial score (nSPS) is 24.0. The Morgan fingerprint density at radius 2 is 2.39 bits per heavy atom. The van der Waals surface area contributed by atoms with Crippen molar-refractivity contribution in [2.45, 2.75) is 32.4 Å². The number of hydrogen-bond donors (Lipinski definition) is 1. The van der Waals surface area contributed by atoms with Gasteiger partial charge in [0.15, 0.2) is 0 Å². The molecule has 5 heteroatoms. The minimum atomic E-state index is -0.254. The Bertz CT molecular complexity index is 483. The number of nitrogens with zero attached hydrogens (tertiary/aromatic N) is 1. The lowest BCUT2D eigenvalue weighted by molar-refractivity contribution is -0.0444. The zero-order valence-electron chi connectivity index (χ0n) is 10.7. The summed E-state index contributed by atoms with van der Waals surface area (Å²) in [5.74, 6) is -0.0944. The summed E-state index contributed by atoms with van der Waals surface area (Å²) in [6.45, 7) is 5.11. The monoisotopic (exact) mass is 250 g/mol. The van der Waals surface area contributed by atoms with Crippen LogP contribution in [0.1, 0.15) is 30.6 Å². The number of H-pyrrole nitrogens is 1. The largest absolute Gasteiger partial charge is 0.375 e. The van der Waals surface area contributed by atoms with Gasteiger partial charge in [0.25, 0.3) is 5.91 Å². The average molecular weight is 250 g/mol. The predicted molar refractivity (Wildman–Crippen MR) is 67.6 cm³/mol. The van der Waals surface area contributed by atoms with Gasteiger partial charge in [-0.25, -0.2) is 0 Å². The fourth-order valence-corrected chi connectivity index (χ4v) is 2.17. The summed E-state index contributed by atoms with van der Waals surface area (Å²) in [4.78, 5) is 27.9. The molecule has 1 aliphatic heterocycles. The maximum Gasteiger partial charge on any atom is 0.254 e. The molecule has 1 aromatic heterocycles. The van der Waals surface area contributed by atoms with Crippen molar-refractivity contribution in [3.05, 3.63) is 34.2 Å². The molecule has 1 aromatic rings. The Morgan fingerprint density at radius 1 is 1.61 bits per heavy atom. The van der Waals surface area contributed by atoms with Gasteiger partial charge in [0.05, 0.1) is 18.8 Å². The first-order chi connectivity index (χ1) is 8.61. The minimum absolute atomic E-state index is 0.0405. The van der Waals surface area contributed by atoms with Crippen molar-refractivity contribution in [2.75, 3.05) is 13.2 Å². The van der Waals surface area contributed by atoms with E-state index in [1.54, 1.807) is 6.07 Å². The Labute approximate surface area is 106 Å². The van der Waals surface area contributed by atoms with Crippen LogP contribution in [-0.4, -0.2) is 41.1 Å². The van der Waals surface area contributed by atoms with Crippen molar-refractivity contribution in [3.8, 4) is 0 Å². The summed E-state index contributed by atoms with van der Waals surface area (Å²) in [5.41, 5.74) is 0.182. The molecule has 1 N–H and O–H groups in total. The molecule has 1 aliphatic rings. The topological polar surface area (TPSA) is 62.4 Å². The summed E-state index contributed by atoms with van der Waals surface area (Å²) in [6.07, 6.45) is 2.39. The van der Waals surface area contributed by atoms with Crippen molar-refractivity contribution in [2.24, 2.45) is 0 Å². The lowest BCUT2D eigenvalue weighted by Gasteiger charge is -2.38. The highest BCUT2D eigenvalue weighted by Crippen LogP contribution is 2.17. The number of carbonyl (C=O) groups excluding carboxylic acids is 1. The summed E-state index contributed by atoms with van der Waals surface area (Å²) >= 11 is 0. The maximum atomic E-state index is 12.4. The second kappa shape index (κ2) is 5.35. The van der Waals surface area contributed by atoms with E-state index in [1.165, 1.54) is 12.3 Å². The molecule has 0 radical (unpaired) electrons. The first kappa shape index (κ1) is 12.8. The Kier molecular flexibility index (Phi) is 3.81. The second-order valence-electron chi connectivity index (χ2n) is 4.61. The smallest absolute Gasteiger partial charge is 0.254 e. The van der Waals surface area contributed by atoms with Crippen molar-refractivity contribution in [1.29, 1.82) is 0 Å². The van der Waals surface area contributed by atoms with E-state index in [9.17, 15) is 9.59 Å². The summed E-state index contributed by atoms with van der Waals surface area (Å²) in [5, 5.41) is 0. The van der Waals surface area contributed by atoms with E-state index in [0.717, 1.165) is 6.42 Å². The number of carbonyl (C=O) groups is 1. The molecule has 2 rings (SSSR count). The molecule has 0 aromatic carbocycles. The third-order valence-electron chi connectivity index (χ3n) is 3.22. The molecule has 0 aliphatic carbocycles. The molecule has 1 fully saturated rings. The summed E-state index contributed by atoms with van der Waals surface area (Å²) in [7, 11) is 0. The third-order valence-corrected chi connectivity index (χ3v) is 3.22. The van der Waals surface area contributed by atoms with E-state index < -0.39 is 0 Å². The van der Waals surface area contributed by atoms with Crippen LogP contribution in [0.4, 0.5) is 0 Å². The molecule has 1 amide bonds. The highest BCUT2D eigenvalue weighted by Gasteiger charge is 2.29. The zero-order chi connectivity index (χ0) is 13.1. The first-order valence-corrected chi connectivity index (χ1v) is 6.23.